The topological polar surface area (TPSA) is 90.2 Å². The van der Waals surface area contributed by atoms with Crippen LogP contribution in [-0.2, 0) is 4.74 Å². The van der Waals surface area contributed by atoms with Gasteiger partial charge in [0, 0.05) is 13.2 Å². The second kappa shape index (κ2) is 53.3. The number of hydrogen-bond donors (Lipinski definition) is 4. The molecule has 5 nitrogen and oxygen atoms in total. The molecule has 0 aliphatic carbocycles. The number of aliphatic hydroxyl groups is 4. The molecule has 5 heteroatoms. The molecule has 0 amide bonds. The van der Waals surface area contributed by atoms with Crippen LogP contribution in [0, 0.1) is 0 Å². The Morgan fingerprint density at radius 2 is 0.422 bits per heavy atom. The molecule has 0 aliphatic heterocycles. The Morgan fingerprint density at radius 1 is 0.244 bits per heavy atom. The zero-order chi connectivity index (χ0) is 33.6. The van der Waals surface area contributed by atoms with Crippen molar-refractivity contribution in [2.24, 2.45) is 0 Å². The Labute approximate surface area is 283 Å². The molecule has 0 aromatic rings. The highest BCUT2D eigenvalue weighted by atomic mass is 16.5. The highest BCUT2D eigenvalue weighted by molar-refractivity contribution is 4.51. The molecule has 0 radical (unpaired) electrons. The molecule has 0 unspecified atom stereocenters. The highest BCUT2D eigenvalue weighted by Crippen LogP contribution is 2.15. The third-order valence-electron chi connectivity index (χ3n) is 8.49. The second-order valence-corrected chi connectivity index (χ2v) is 13.1. The molecule has 276 valence electrons. The van der Waals surface area contributed by atoms with E-state index >= 15 is 0 Å². The van der Waals surface area contributed by atoms with Crippen LogP contribution in [0.5, 0.6) is 0 Å². The third kappa shape index (κ3) is 59.7. The summed E-state index contributed by atoms with van der Waals surface area (Å²) in [7, 11) is 0. The lowest BCUT2D eigenvalue weighted by atomic mass is 10.0. The summed E-state index contributed by atoms with van der Waals surface area (Å²) in [6, 6.07) is 0. The van der Waals surface area contributed by atoms with Crippen molar-refractivity contribution in [3.63, 3.8) is 0 Å². The Balaban J connectivity index is -0.000000648. The van der Waals surface area contributed by atoms with Crippen molar-refractivity contribution in [1.29, 1.82) is 0 Å². The van der Waals surface area contributed by atoms with Gasteiger partial charge in [-0.05, 0) is 12.8 Å². The van der Waals surface area contributed by atoms with E-state index in [9.17, 15) is 0 Å². The number of hydrogen-bond acceptors (Lipinski definition) is 5. The molecule has 0 fully saturated rings. The third-order valence-corrected chi connectivity index (χ3v) is 8.49. The first-order chi connectivity index (χ1) is 22.2. The van der Waals surface area contributed by atoms with Gasteiger partial charge >= 0.3 is 0 Å². The zero-order valence-electron chi connectivity index (χ0n) is 31.1. The van der Waals surface area contributed by atoms with Crippen LogP contribution in [0.3, 0.4) is 0 Å². The van der Waals surface area contributed by atoms with E-state index in [1.54, 1.807) is 0 Å². The standard InChI is InChI=1S/2C18H38O.C4H10O3/c2*1-2-3-4-5-6-7-8-9-10-11-12-13-14-15-16-17-18-19;5-1-3-7-4-2-6/h2*19H,2-18H2,1H3;5-6H,1-4H2. The van der Waals surface area contributed by atoms with Crippen LogP contribution in [0.25, 0.3) is 0 Å². The lowest BCUT2D eigenvalue weighted by Gasteiger charge is -2.03. The fraction of sp³-hybridized carbons (Fsp3) is 1.00. The minimum absolute atomic E-state index is 0.0278. The Hall–Kier alpha value is -0.200. The fourth-order valence-corrected chi connectivity index (χ4v) is 5.55. The minimum Gasteiger partial charge on any atom is -0.396 e. The van der Waals surface area contributed by atoms with Gasteiger partial charge in [0.25, 0.3) is 0 Å². The SMILES string of the molecule is CCCCCCCCCCCCCCCCCCO.CCCCCCCCCCCCCCCCCCO.OCCOCCO. The molecule has 45 heavy (non-hydrogen) atoms. The lowest BCUT2D eigenvalue weighted by Crippen LogP contribution is -2.03. The van der Waals surface area contributed by atoms with Crippen LogP contribution in [0.15, 0.2) is 0 Å². The summed E-state index contributed by atoms with van der Waals surface area (Å²) in [4.78, 5) is 0. The first-order valence-corrected chi connectivity index (χ1v) is 20.3. The fourth-order valence-electron chi connectivity index (χ4n) is 5.55. The first-order valence-electron chi connectivity index (χ1n) is 20.3. The molecule has 4 N–H and O–H groups in total. The van der Waals surface area contributed by atoms with Crippen LogP contribution in [0.2, 0.25) is 0 Å². The van der Waals surface area contributed by atoms with E-state index in [-0.39, 0.29) is 13.2 Å². The quantitative estimate of drug-likeness (QED) is 0.0509. The summed E-state index contributed by atoms with van der Waals surface area (Å²) in [5.74, 6) is 0. The Bertz CT molecular complexity index is 365. The van der Waals surface area contributed by atoms with E-state index in [0.717, 1.165) is 12.8 Å². The van der Waals surface area contributed by atoms with Gasteiger partial charge in [-0.3, -0.25) is 0 Å². The smallest absolute Gasteiger partial charge is 0.0698 e. The predicted molar refractivity (Wildman–Crippen MR) is 198 cm³/mol. The highest BCUT2D eigenvalue weighted by Gasteiger charge is 1.95. The van der Waals surface area contributed by atoms with Crippen LogP contribution in [-0.4, -0.2) is 60.1 Å². The number of aliphatic hydroxyl groups excluding tert-OH is 4. The molecule has 0 aromatic heterocycles. The van der Waals surface area contributed by atoms with Crippen molar-refractivity contribution in [3.05, 3.63) is 0 Å². The van der Waals surface area contributed by atoms with Gasteiger partial charge in [-0.1, -0.05) is 206 Å². The summed E-state index contributed by atoms with van der Waals surface area (Å²) in [6.45, 7) is 6.01. The molecule has 0 spiro atoms. The molecule has 0 aromatic carbocycles. The largest absolute Gasteiger partial charge is 0.396 e. The zero-order valence-corrected chi connectivity index (χ0v) is 31.1. The Morgan fingerprint density at radius 3 is 0.578 bits per heavy atom. The van der Waals surface area contributed by atoms with E-state index in [2.05, 4.69) is 18.6 Å². The van der Waals surface area contributed by atoms with Gasteiger partial charge in [-0.15, -0.1) is 0 Å². The number of rotatable bonds is 36. The van der Waals surface area contributed by atoms with E-state index in [1.807, 2.05) is 0 Å². The van der Waals surface area contributed by atoms with Crippen LogP contribution < -0.4 is 0 Å². The van der Waals surface area contributed by atoms with E-state index in [4.69, 9.17) is 20.4 Å². The van der Waals surface area contributed by atoms with Crippen molar-refractivity contribution in [2.45, 2.75) is 219 Å². The van der Waals surface area contributed by atoms with Crippen molar-refractivity contribution >= 4 is 0 Å². The van der Waals surface area contributed by atoms with Crippen molar-refractivity contribution in [2.75, 3.05) is 39.6 Å². The van der Waals surface area contributed by atoms with Gasteiger partial charge < -0.3 is 25.2 Å². The molecule has 0 aliphatic rings. The molecule has 0 saturated heterocycles. The summed E-state index contributed by atoms with van der Waals surface area (Å²) in [6.07, 6.45) is 44.3. The molecule has 0 heterocycles. The normalized spacial score (nSPS) is 10.8. The maximum Gasteiger partial charge on any atom is 0.0698 e. The minimum atomic E-state index is 0.0278. The van der Waals surface area contributed by atoms with E-state index in [0.29, 0.717) is 26.4 Å². The molecular formula is C40H86O5. The number of ether oxygens (including phenoxy) is 1. The van der Waals surface area contributed by atoms with E-state index < -0.39 is 0 Å². The summed E-state index contributed by atoms with van der Waals surface area (Å²) in [5, 5.41) is 33.5. The van der Waals surface area contributed by atoms with Crippen LogP contribution in [0.4, 0.5) is 0 Å². The number of unbranched alkanes of at least 4 members (excludes halogenated alkanes) is 30. The summed E-state index contributed by atoms with van der Waals surface area (Å²) >= 11 is 0. The Kier molecular flexibility index (Phi) is 58.3. The maximum absolute atomic E-state index is 8.67. The van der Waals surface area contributed by atoms with Gasteiger partial charge in [0.2, 0.25) is 0 Å². The average Bonchev–Trinajstić information content (AvgIpc) is 3.05. The van der Waals surface area contributed by atoms with Gasteiger partial charge in [-0.2, -0.15) is 0 Å². The molecular weight excluding hydrogens is 560 g/mol. The monoisotopic (exact) mass is 647 g/mol. The first kappa shape index (κ1) is 49.2. The van der Waals surface area contributed by atoms with E-state index in [1.165, 1.54) is 193 Å². The molecule has 0 bridgehead atoms. The van der Waals surface area contributed by atoms with Crippen molar-refractivity contribution in [3.8, 4) is 0 Å². The maximum atomic E-state index is 8.67. The second-order valence-electron chi connectivity index (χ2n) is 13.1. The summed E-state index contributed by atoms with van der Waals surface area (Å²) in [5.41, 5.74) is 0. The van der Waals surface area contributed by atoms with Crippen molar-refractivity contribution < 1.29 is 25.2 Å². The van der Waals surface area contributed by atoms with Crippen LogP contribution in [0.1, 0.15) is 219 Å². The van der Waals surface area contributed by atoms with Gasteiger partial charge in [0.15, 0.2) is 0 Å². The molecule has 0 atom stereocenters. The predicted octanol–water partition coefficient (Wildman–Crippen LogP) is 11.5. The molecule has 0 rings (SSSR count). The van der Waals surface area contributed by atoms with Gasteiger partial charge in [-0.25, -0.2) is 0 Å². The summed E-state index contributed by atoms with van der Waals surface area (Å²) < 4.78 is 4.63. The van der Waals surface area contributed by atoms with Gasteiger partial charge in [0.05, 0.1) is 26.4 Å². The lowest BCUT2D eigenvalue weighted by molar-refractivity contribution is 0.0650. The average molecular weight is 647 g/mol. The molecule has 0 saturated carbocycles. The van der Waals surface area contributed by atoms with Crippen molar-refractivity contribution in [1.82, 2.24) is 0 Å². The van der Waals surface area contributed by atoms with Gasteiger partial charge in [0.1, 0.15) is 0 Å². The van der Waals surface area contributed by atoms with Crippen LogP contribution >= 0.6 is 0 Å².